The van der Waals surface area contributed by atoms with Crippen LogP contribution in [0.2, 0.25) is 0 Å². The summed E-state index contributed by atoms with van der Waals surface area (Å²) in [6.45, 7) is 5.29. The third-order valence-corrected chi connectivity index (χ3v) is 6.94. The van der Waals surface area contributed by atoms with E-state index in [4.69, 9.17) is 0 Å². The zero-order chi connectivity index (χ0) is 29.5. The molecule has 4 N–H and O–H groups in total. The lowest BCUT2D eigenvalue weighted by atomic mass is 9.93. The fourth-order valence-electron chi connectivity index (χ4n) is 4.70. The van der Waals surface area contributed by atoms with Crippen molar-refractivity contribution in [1.82, 2.24) is 20.2 Å². The first kappa shape index (κ1) is 29.1. The third-order valence-electron chi connectivity index (χ3n) is 6.94. The van der Waals surface area contributed by atoms with Crippen LogP contribution < -0.4 is 10.6 Å². The van der Waals surface area contributed by atoms with Gasteiger partial charge in [0.2, 0.25) is 11.8 Å². The zero-order valence-electron chi connectivity index (χ0n) is 23.2. The van der Waals surface area contributed by atoms with Crippen LogP contribution in [0.25, 0.3) is 0 Å². The van der Waals surface area contributed by atoms with Crippen LogP contribution in [0.5, 0.6) is 11.8 Å². The molecule has 2 heterocycles. The molecule has 212 valence electrons. The molecule has 4 rings (SSSR count). The van der Waals surface area contributed by atoms with E-state index >= 15 is 0 Å². The van der Waals surface area contributed by atoms with Gasteiger partial charge in [-0.25, -0.2) is 0 Å². The van der Waals surface area contributed by atoms with Crippen LogP contribution in [0.3, 0.4) is 0 Å². The van der Waals surface area contributed by atoms with Crippen LogP contribution in [-0.2, 0) is 11.3 Å². The van der Waals surface area contributed by atoms with Crippen molar-refractivity contribution in [3.63, 3.8) is 0 Å². The molecule has 0 unspecified atom stereocenters. The highest BCUT2D eigenvalue weighted by Crippen LogP contribution is 2.35. The smallest absolute Gasteiger partial charge is 0.270 e. The molecule has 0 saturated carbocycles. The standard InChI is InChI=1S/C32H34N4O5/c1-20(2)28(29(38)27-21(3)31(40)36(32(27)41)19-22-12-6-4-7-13-22)35-26(37)18-25(23-14-8-5-9-15-23)34-30(39)24-16-10-11-17-33-24/h4-17,20,25,28,40-41H,18-19H2,1-3H3,(H,34,39)(H,35,37)/t25-,28-/m0/s1. The summed E-state index contributed by atoms with van der Waals surface area (Å²) in [6.07, 6.45) is 1.38. The number of hydrogen-bond donors (Lipinski definition) is 4. The molecule has 2 aromatic heterocycles. The van der Waals surface area contributed by atoms with Gasteiger partial charge in [-0.3, -0.25) is 23.9 Å². The lowest BCUT2D eigenvalue weighted by Crippen LogP contribution is -2.45. The average molecular weight is 555 g/mol. The molecule has 2 aromatic carbocycles. The van der Waals surface area contributed by atoms with E-state index in [2.05, 4.69) is 15.6 Å². The molecule has 0 spiro atoms. The predicted molar refractivity (Wildman–Crippen MR) is 155 cm³/mol. The number of nitrogens with one attached hydrogen (secondary N) is 2. The van der Waals surface area contributed by atoms with Crippen molar-refractivity contribution in [1.29, 1.82) is 0 Å². The van der Waals surface area contributed by atoms with Gasteiger partial charge in [0.05, 0.1) is 30.6 Å². The number of carbonyl (C=O) groups excluding carboxylic acids is 3. The number of nitrogens with zero attached hydrogens (tertiary/aromatic N) is 2. The number of aromatic nitrogens is 2. The Balaban J connectivity index is 1.55. The number of amides is 2. The molecular weight excluding hydrogens is 520 g/mol. The Labute approximate surface area is 238 Å². The molecule has 2 atom stereocenters. The summed E-state index contributed by atoms with van der Waals surface area (Å²) >= 11 is 0. The van der Waals surface area contributed by atoms with E-state index in [1.807, 2.05) is 48.5 Å². The van der Waals surface area contributed by atoms with E-state index in [1.165, 1.54) is 10.8 Å². The Morgan fingerprint density at radius 2 is 1.49 bits per heavy atom. The first-order valence-electron chi connectivity index (χ1n) is 13.4. The molecule has 9 nitrogen and oxygen atoms in total. The molecule has 0 radical (unpaired) electrons. The minimum atomic E-state index is -0.984. The maximum atomic E-state index is 13.7. The van der Waals surface area contributed by atoms with E-state index in [0.29, 0.717) is 0 Å². The second-order valence-corrected chi connectivity index (χ2v) is 10.2. The molecule has 0 fully saturated rings. The van der Waals surface area contributed by atoms with Crippen molar-refractivity contribution in [3.8, 4) is 11.8 Å². The number of pyridine rings is 1. The van der Waals surface area contributed by atoms with Gasteiger partial charge < -0.3 is 20.8 Å². The van der Waals surface area contributed by atoms with Crippen molar-refractivity contribution >= 4 is 17.6 Å². The number of aromatic hydroxyl groups is 2. The quantitative estimate of drug-likeness (QED) is 0.201. The zero-order valence-corrected chi connectivity index (χ0v) is 23.2. The number of benzene rings is 2. The summed E-state index contributed by atoms with van der Waals surface area (Å²) < 4.78 is 1.27. The summed E-state index contributed by atoms with van der Waals surface area (Å²) in [4.78, 5) is 44.0. The number of carbonyl (C=O) groups is 3. The van der Waals surface area contributed by atoms with Crippen LogP contribution in [0.15, 0.2) is 85.1 Å². The summed E-state index contributed by atoms with van der Waals surface area (Å²) in [7, 11) is 0. The van der Waals surface area contributed by atoms with Crippen LogP contribution >= 0.6 is 0 Å². The van der Waals surface area contributed by atoms with Gasteiger partial charge >= 0.3 is 0 Å². The highest BCUT2D eigenvalue weighted by molar-refractivity contribution is 6.05. The van der Waals surface area contributed by atoms with Crippen molar-refractivity contribution in [3.05, 3.63) is 113 Å². The number of hydrogen-bond acceptors (Lipinski definition) is 6. The summed E-state index contributed by atoms with van der Waals surface area (Å²) in [5.41, 5.74) is 1.96. The minimum absolute atomic E-state index is 0.0412. The minimum Gasteiger partial charge on any atom is -0.494 e. The fourth-order valence-corrected chi connectivity index (χ4v) is 4.70. The lowest BCUT2D eigenvalue weighted by molar-refractivity contribution is -0.122. The Hall–Kier alpha value is -4.92. The predicted octanol–water partition coefficient (Wildman–Crippen LogP) is 4.54. The number of ketones is 1. The van der Waals surface area contributed by atoms with Gasteiger partial charge in [0.25, 0.3) is 5.91 Å². The molecule has 2 amide bonds. The van der Waals surface area contributed by atoms with Crippen molar-refractivity contribution < 1.29 is 24.6 Å². The van der Waals surface area contributed by atoms with E-state index in [9.17, 15) is 24.6 Å². The highest BCUT2D eigenvalue weighted by Gasteiger charge is 2.33. The van der Waals surface area contributed by atoms with Crippen LogP contribution in [0, 0.1) is 12.8 Å². The van der Waals surface area contributed by atoms with Gasteiger partial charge in [-0.2, -0.15) is 0 Å². The SMILES string of the molecule is Cc1c(C(=O)[C@@H](NC(=O)C[C@H](NC(=O)c2ccccn2)c2ccccc2)C(C)C)c(O)n(Cc2ccccc2)c1O. The van der Waals surface area contributed by atoms with Gasteiger partial charge in [0.15, 0.2) is 11.7 Å². The lowest BCUT2D eigenvalue weighted by Gasteiger charge is -2.24. The molecular formula is C32H34N4O5. The van der Waals surface area contributed by atoms with Crippen molar-refractivity contribution in [2.45, 2.75) is 45.8 Å². The largest absolute Gasteiger partial charge is 0.494 e. The topological polar surface area (TPSA) is 134 Å². The third kappa shape index (κ3) is 6.81. The second-order valence-electron chi connectivity index (χ2n) is 10.2. The van der Waals surface area contributed by atoms with Gasteiger partial charge in [-0.15, -0.1) is 0 Å². The molecule has 0 saturated heterocycles. The molecule has 0 aliphatic heterocycles. The maximum Gasteiger partial charge on any atom is 0.270 e. The van der Waals surface area contributed by atoms with Gasteiger partial charge in [0, 0.05) is 11.8 Å². The molecule has 0 aliphatic carbocycles. The van der Waals surface area contributed by atoms with E-state index in [1.54, 1.807) is 51.1 Å². The Morgan fingerprint density at radius 1 is 0.854 bits per heavy atom. The first-order chi connectivity index (χ1) is 19.7. The Morgan fingerprint density at radius 3 is 2.10 bits per heavy atom. The molecule has 41 heavy (non-hydrogen) atoms. The summed E-state index contributed by atoms with van der Waals surface area (Å²) in [5, 5.41) is 27.4. The van der Waals surface area contributed by atoms with Gasteiger partial charge in [-0.1, -0.05) is 80.6 Å². The monoisotopic (exact) mass is 554 g/mol. The van der Waals surface area contributed by atoms with Crippen molar-refractivity contribution in [2.75, 3.05) is 0 Å². The molecule has 0 aliphatic rings. The Kier molecular flexibility index (Phi) is 9.19. The first-order valence-corrected chi connectivity index (χ1v) is 13.4. The van der Waals surface area contributed by atoms with Crippen LogP contribution in [-0.4, -0.2) is 43.4 Å². The van der Waals surface area contributed by atoms with Gasteiger partial charge in [0.1, 0.15) is 5.69 Å². The fraction of sp³-hybridized carbons (Fsp3) is 0.250. The molecule has 9 heteroatoms. The highest BCUT2D eigenvalue weighted by atomic mass is 16.3. The summed E-state index contributed by atoms with van der Waals surface area (Å²) in [5.74, 6) is -2.32. The molecule has 4 aromatic rings. The summed E-state index contributed by atoms with van der Waals surface area (Å²) in [6, 6.07) is 21.6. The van der Waals surface area contributed by atoms with Crippen LogP contribution in [0.1, 0.15) is 63.8 Å². The van der Waals surface area contributed by atoms with Crippen molar-refractivity contribution in [2.24, 2.45) is 5.92 Å². The normalized spacial score (nSPS) is 12.5. The maximum absolute atomic E-state index is 13.7. The van der Waals surface area contributed by atoms with Gasteiger partial charge in [-0.05, 0) is 36.1 Å². The second kappa shape index (κ2) is 13.0. The van der Waals surface area contributed by atoms with E-state index in [0.717, 1.165) is 11.1 Å². The number of Topliss-reactive ketones (excluding diaryl/α,β-unsaturated/α-hetero) is 1. The number of rotatable bonds is 11. The van der Waals surface area contributed by atoms with Crippen LogP contribution in [0.4, 0.5) is 0 Å². The van der Waals surface area contributed by atoms with E-state index in [-0.39, 0.29) is 47.5 Å². The van der Waals surface area contributed by atoms with E-state index < -0.39 is 29.7 Å². The average Bonchev–Trinajstić information content (AvgIpc) is 3.19. The Bertz CT molecular complexity index is 1500. The molecule has 0 bridgehead atoms.